The van der Waals surface area contributed by atoms with Gasteiger partial charge in [-0.25, -0.2) is 0 Å². The Labute approximate surface area is 47.6 Å². The molecule has 8 heavy (non-hydrogen) atoms. The molecule has 1 rings (SSSR count). The summed E-state index contributed by atoms with van der Waals surface area (Å²) in [7, 11) is 0. The minimum atomic E-state index is 0.938. The summed E-state index contributed by atoms with van der Waals surface area (Å²) in [6.07, 6.45) is 0. The van der Waals surface area contributed by atoms with E-state index in [0.29, 0.717) is 0 Å². The third kappa shape index (κ3) is 3.66. The van der Waals surface area contributed by atoms with Crippen LogP contribution in [0.5, 0.6) is 0 Å². The van der Waals surface area contributed by atoms with Crippen molar-refractivity contribution in [3.63, 3.8) is 0 Å². The summed E-state index contributed by atoms with van der Waals surface area (Å²) in [5.41, 5.74) is 4.50. The van der Waals surface area contributed by atoms with Gasteiger partial charge in [-0.3, -0.25) is 16.0 Å². The standard InChI is InChI=1S/C3H9N3.HNO/c1-4-2-6-3-5-1;1-2/h4-6H,1-3H2;1H. The molecule has 1 fully saturated rings. The van der Waals surface area contributed by atoms with Crippen molar-refractivity contribution >= 4 is 0 Å². The Hall–Kier alpha value is -0.520. The highest BCUT2D eigenvalue weighted by Gasteiger charge is 1.89. The summed E-state index contributed by atoms with van der Waals surface area (Å²) < 4.78 is 0. The van der Waals surface area contributed by atoms with Crippen molar-refractivity contribution in [2.45, 2.75) is 0 Å². The van der Waals surface area contributed by atoms with Crippen LogP contribution in [0.4, 0.5) is 0 Å². The lowest BCUT2D eigenvalue weighted by atomic mass is 10.8. The van der Waals surface area contributed by atoms with Crippen LogP contribution in [0.1, 0.15) is 0 Å². The number of nitrogens with one attached hydrogen (secondary N) is 4. The van der Waals surface area contributed by atoms with Gasteiger partial charge in [0.25, 0.3) is 0 Å². The van der Waals surface area contributed by atoms with Crippen LogP contribution >= 0.6 is 0 Å². The molecule has 1 aliphatic heterocycles. The molecule has 0 amide bonds. The van der Waals surface area contributed by atoms with Crippen LogP contribution in [0.25, 0.3) is 0 Å². The quantitative estimate of drug-likeness (QED) is 0.307. The SMILES string of the molecule is C1NCNCN1.N=O. The van der Waals surface area contributed by atoms with Crippen molar-refractivity contribution in [2.24, 2.45) is 0 Å². The minimum absolute atomic E-state index is 0.938. The first-order chi connectivity index (χ1) is 4.00. The average Bonchev–Trinajstić information content (AvgIpc) is 1.96. The predicted molar refractivity (Wildman–Crippen MR) is 30.1 cm³/mol. The fourth-order valence-corrected chi connectivity index (χ4v) is 0.453. The molecule has 1 saturated heterocycles. The van der Waals surface area contributed by atoms with Gasteiger partial charge in [0.15, 0.2) is 0 Å². The van der Waals surface area contributed by atoms with Gasteiger partial charge in [-0.05, 0) is 0 Å². The number of hydrogen-bond acceptors (Lipinski definition) is 5. The van der Waals surface area contributed by atoms with Crippen molar-refractivity contribution in [2.75, 3.05) is 20.0 Å². The molecule has 0 saturated carbocycles. The van der Waals surface area contributed by atoms with Gasteiger partial charge in [0.2, 0.25) is 0 Å². The highest BCUT2D eigenvalue weighted by molar-refractivity contribution is 4.49. The molecule has 48 valence electrons. The molecule has 0 unspecified atom stereocenters. The highest BCUT2D eigenvalue weighted by atomic mass is 16.2. The number of hydrogen-bond donors (Lipinski definition) is 4. The number of rotatable bonds is 0. The summed E-state index contributed by atoms with van der Waals surface area (Å²) in [6, 6.07) is 0. The van der Waals surface area contributed by atoms with Crippen molar-refractivity contribution < 1.29 is 0 Å². The van der Waals surface area contributed by atoms with Crippen LogP contribution in [0.3, 0.4) is 0 Å². The Bertz CT molecular complexity index is 35.0. The lowest BCUT2D eigenvalue weighted by Crippen LogP contribution is -2.47. The van der Waals surface area contributed by atoms with Crippen molar-refractivity contribution in [1.29, 1.82) is 5.59 Å². The monoisotopic (exact) mass is 118 g/mol. The van der Waals surface area contributed by atoms with Gasteiger partial charge < -0.3 is 0 Å². The second kappa shape index (κ2) is 6.48. The molecule has 5 nitrogen and oxygen atoms in total. The summed E-state index contributed by atoms with van der Waals surface area (Å²) in [5, 5.41) is 9.19. The molecule has 4 N–H and O–H groups in total. The molecule has 0 aliphatic carbocycles. The molecule has 0 aromatic rings. The maximum absolute atomic E-state index is 7.50. The van der Waals surface area contributed by atoms with E-state index in [-0.39, 0.29) is 0 Å². The molecule has 0 radical (unpaired) electrons. The topological polar surface area (TPSA) is 77.0 Å². The minimum Gasteiger partial charge on any atom is -0.292 e. The van der Waals surface area contributed by atoms with E-state index in [1.807, 2.05) is 0 Å². The van der Waals surface area contributed by atoms with E-state index in [2.05, 4.69) is 21.5 Å². The van der Waals surface area contributed by atoms with Crippen LogP contribution in [0.2, 0.25) is 0 Å². The first-order valence-electron chi connectivity index (χ1n) is 2.33. The van der Waals surface area contributed by atoms with Crippen LogP contribution < -0.4 is 16.0 Å². The average molecular weight is 118 g/mol. The largest absolute Gasteiger partial charge is 0.292 e. The van der Waals surface area contributed by atoms with E-state index in [9.17, 15) is 0 Å². The molecule has 0 aromatic heterocycles. The maximum Gasteiger partial charge on any atom is 0.0474 e. The Morgan fingerprint density at radius 2 is 1.12 bits per heavy atom. The highest BCUT2D eigenvalue weighted by Crippen LogP contribution is 1.56. The van der Waals surface area contributed by atoms with Crippen LogP contribution in [-0.4, -0.2) is 20.0 Å². The zero-order chi connectivity index (χ0) is 6.24. The molecule has 0 atom stereocenters. The molecule has 1 heterocycles. The van der Waals surface area contributed by atoms with Crippen molar-refractivity contribution in [3.8, 4) is 0 Å². The fraction of sp³-hybridized carbons (Fsp3) is 1.00. The fourth-order valence-electron chi connectivity index (χ4n) is 0.453. The molecule has 5 heteroatoms. The van der Waals surface area contributed by atoms with Crippen LogP contribution in [0.15, 0.2) is 0 Å². The van der Waals surface area contributed by atoms with Crippen molar-refractivity contribution in [3.05, 3.63) is 4.91 Å². The van der Waals surface area contributed by atoms with Gasteiger partial charge in [-0.15, -0.1) is 0 Å². The van der Waals surface area contributed by atoms with E-state index < -0.39 is 0 Å². The number of nitroso groups, excluding NO2 is 1. The molecule has 0 bridgehead atoms. The van der Waals surface area contributed by atoms with E-state index in [0.717, 1.165) is 20.0 Å². The first-order valence-corrected chi connectivity index (χ1v) is 2.33. The van der Waals surface area contributed by atoms with Crippen molar-refractivity contribution in [1.82, 2.24) is 16.0 Å². The van der Waals surface area contributed by atoms with Gasteiger partial charge in [0.05, 0.1) is 0 Å². The molecule has 1 aliphatic rings. The van der Waals surface area contributed by atoms with Gasteiger partial charge in [0, 0.05) is 20.0 Å². The normalized spacial score (nSPS) is 18.5. The summed E-state index contributed by atoms with van der Waals surface area (Å²) >= 11 is 0. The zero-order valence-corrected chi connectivity index (χ0v) is 4.53. The Balaban J connectivity index is 0.000000222. The van der Waals surface area contributed by atoms with Gasteiger partial charge in [-0.1, -0.05) is 5.59 Å². The summed E-state index contributed by atoms with van der Waals surface area (Å²) in [5.74, 6) is 0. The smallest absolute Gasteiger partial charge is 0.0474 e. The Morgan fingerprint density at radius 3 is 1.25 bits per heavy atom. The Morgan fingerprint density at radius 1 is 0.875 bits per heavy atom. The zero-order valence-electron chi connectivity index (χ0n) is 4.53. The van der Waals surface area contributed by atoms with E-state index in [1.165, 1.54) is 0 Å². The van der Waals surface area contributed by atoms with E-state index in [1.54, 1.807) is 0 Å². The first kappa shape index (κ1) is 7.48. The van der Waals surface area contributed by atoms with Crippen LogP contribution in [-0.2, 0) is 0 Å². The van der Waals surface area contributed by atoms with E-state index in [4.69, 9.17) is 4.91 Å². The second-order valence-corrected chi connectivity index (χ2v) is 1.28. The summed E-state index contributed by atoms with van der Waals surface area (Å²) in [6.45, 7) is 2.81. The molecular formula is C3H10N4O. The Kier molecular flexibility index (Phi) is 6.06. The van der Waals surface area contributed by atoms with Crippen LogP contribution in [0, 0.1) is 10.5 Å². The third-order valence-electron chi connectivity index (χ3n) is 0.750. The lowest BCUT2D eigenvalue weighted by molar-refractivity contribution is 0.443. The molecular weight excluding hydrogens is 108 g/mol. The van der Waals surface area contributed by atoms with Gasteiger partial charge in [0.1, 0.15) is 0 Å². The van der Waals surface area contributed by atoms with E-state index >= 15 is 0 Å². The lowest BCUT2D eigenvalue weighted by Gasteiger charge is -2.13. The predicted octanol–water partition coefficient (Wildman–Crippen LogP) is -1.03. The van der Waals surface area contributed by atoms with Gasteiger partial charge in [-0.2, -0.15) is 4.91 Å². The third-order valence-corrected chi connectivity index (χ3v) is 0.750. The molecule has 0 aromatic carbocycles. The summed E-state index contributed by atoms with van der Waals surface area (Å²) in [4.78, 5) is 7.50. The maximum atomic E-state index is 7.50. The van der Waals surface area contributed by atoms with Gasteiger partial charge >= 0.3 is 0 Å². The second-order valence-electron chi connectivity index (χ2n) is 1.28. The molecule has 0 spiro atoms.